The van der Waals surface area contributed by atoms with Crippen LogP contribution in [0.4, 0.5) is 15.4 Å². The van der Waals surface area contributed by atoms with Gasteiger partial charge in [-0.1, -0.05) is 42.5 Å². The third-order valence-electron chi connectivity index (χ3n) is 12.1. The van der Waals surface area contributed by atoms with Gasteiger partial charge in [0.05, 0.1) is 5.56 Å². The summed E-state index contributed by atoms with van der Waals surface area (Å²) in [6.45, 7) is 0.575. The molecule has 0 saturated carbocycles. The minimum absolute atomic E-state index is 0.0178. The number of benzene rings is 2. The predicted octanol–water partition coefficient (Wildman–Crippen LogP) is 0.339. The number of carboxylic acids is 5. The molecule has 2 heterocycles. The van der Waals surface area contributed by atoms with Gasteiger partial charge < -0.3 is 73.1 Å². The highest BCUT2D eigenvalue weighted by Gasteiger charge is 2.31. The van der Waals surface area contributed by atoms with E-state index in [0.717, 1.165) is 16.3 Å². The van der Waals surface area contributed by atoms with E-state index in [1.54, 1.807) is 0 Å². The Labute approximate surface area is 429 Å². The van der Waals surface area contributed by atoms with E-state index in [0.29, 0.717) is 12.8 Å². The third kappa shape index (κ3) is 20.4. The van der Waals surface area contributed by atoms with Crippen molar-refractivity contribution >= 4 is 82.1 Å². The topological polar surface area (TPSA) is 427 Å². The molecule has 27 nitrogen and oxygen atoms in total. The molecule has 1 fully saturated rings. The van der Waals surface area contributed by atoms with E-state index in [2.05, 4.69) is 47.6 Å². The summed E-state index contributed by atoms with van der Waals surface area (Å²) in [4.78, 5) is 142. The number of hydrogen-bond acceptors (Lipinski definition) is 14. The Hall–Kier alpha value is -8.62. The first-order chi connectivity index (χ1) is 35.7. The molecule has 0 spiro atoms. The van der Waals surface area contributed by atoms with Crippen molar-refractivity contribution in [2.24, 2.45) is 11.8 Å². The highest BCUT2D eigenvalue weighted by molar-refractivity contribution is 5.98. The second kappa shape index (κ2) is 29.8. The molecule has 2 aromatic carbocycles. The Balaban J connectivity index is 1.33. The molecule has 75 heavy (non-hydrogen) atoms. The molecule has 3 aromatic rings. The number of nitrogen functional groups attached to an aromatic ring is 1. The van der Waals surface area contributed by atoms with Crippen LogP contribution in [0.3, 0.4) is 0 Å². The lowest BCUT2D eigenvalue weighted by molar-refractivity contribution is -0.141. The molecule has 5 atom stereocenters. The number of hydrogen-bond donors (Lipinski definition) is 14. The SMILES string of the molecule is NNc1ccc(C(=O)NC(CCC(=O)O)C(=O)NC(CCC(=O)O)C(=O)NCC2CCN(C(=O)NC(Cc3ccc4ccccc4c3)C(=O)NCCCCC(NC(=O)NC(CCC(=O)O)C(=O)O)C(=O)O)CC2)cn1. The number of hydrazine groups is 1. The number of aromatic nitrogens is 1. The van der Waals surface area contributed by atoms with Gasteiger partial charge in [0.1, 0.15) is 36.0 Å². The van der Waals surface area contributed by atoms with Crippen LogP contribution in [0.1, 0.15) is 86.6 Å². The zero-order valence-corrected chi connectivity index (χ0v) is 40.7. The quantitative estimate of drug-likeness (QED) is 0.0243. The van der Waals surface area contributed by atoms with Gasteiger partial charge in [-0.15, -0.1) is 0 Å². The number of unbranched alkanes of at least 4 members (excludes halogenated alkanes) is 1. The molecule has 1 saturated heterocycles. The van der Waals surface area contributed by atoms with Gasteiger partial charge in [0, 0.05) is 58.1 Å². The van der Waals surface area contributed by atoms with E-state index >= 15 is 0 Å². The zero-order valence-electron chi connectivity index (χ0n) is 40.7. The van der Waals surface area contributed by atoms with Crippen molar-refractivity contribution in [2.45, 2.75) is 107 Å². The fraction of sp³-hybridized carbons (Fsp3) is 0.458. The molecule has 27 heteroatoms. The second-order valence-corrected chi connectivity index (χ2v) is 17.7. The minimum atomic E-state index is -1.57. The summed E-state index contributed by atoms with van der Waals surface area (Å²) in [5, 5.41) is 65.9. The summed E-state index contributed by atoms with van der Waals surface area (Å²) in [6.07, 6.45) is -0.318. The normalized spacial score (nSPS) is 14.3. The number of piperidine rings is 1. The van der Waals surface area contributed by atoms with Crippen LogP contribution in [0.2, 0.25) is 0 Å². The Morgan fingerprint density at radius 1 is 0.600 bits per heavy atom. The van der Waals surface area contributed by atoms with Crippen molar-refractivity contribution < 1.29 is 78.3 Å². The van der Waals surface area contributed by atoms with Crippen LogP contribution >= 0.6 is 0 Å². The number of pyridine rings is 1. The van der Waals surface area contributed by atoms with Gasteiger partial charge in [-0.25, -0.2) is 30.0 Å². The Bertz CT molecular complexity index is 2520. The van der Waals surface area contributed by atoms with Gasteiger partial charge in [-0.3, -0.25) is 33.6 Å². The standard InChI is InChI=1S/C48H63N11O16/c49-58-37-14-10-31(26-51-37)41(66)53-33(12-16-39(62)63)44(69)54-32(11-15-38(60)61)42(67)52-25-27-18-21-59(22-19-27)48(75)57-36(24-28-8-9-29-5-1-2-6-30(29)23-28)43(68)50-20-4-3-7-34(45(70)71)55-47(74)56-35(46(72)73)13-17-40(64)65/h1-2,5-6,8-10,14,23,26-27,32-36H,3-4,7,11-13,15-22,24-25,49H2,(H,50,68)(H,51,58)(H,52,67)(H,53,66)(H,54,69)(H,57,75)(H,60,61)(H,62,63)(H,64,65)(H,70,71)(H,72,73)(H2,55,56,74). The molecule has 0 aliphatic carbocycles. The molecule has 1 aliphatic rings. The summed E-state index contributed by atoms with van der Waals surface area (Å²) < 4.78 is 0. The third-order valence-corrected chi connectivity index (χ3v) is 12.1. The maximum atomic E-state index is 13.7. The van der Waals surface area contributed by atoms with E-state index in [4.69, 9.17) is 10.9 Å². The number of amides is 8. The summed E-state index contributed by atoms with van der Waals surface area (Å²) in [7, 11) is 0. The molecule has 8 amide bonds. The number of carbonyl (C=O) groups excluding carboxylic acids is 6. The monoisotopic (exact) mass is 1050 g/mol. The number of rotatable bonds is 30. The number of likely N-dealkylation sites (tertiary alicyclic amines) is 1. The number of carboxylic acid groups (broad SMARTS) is 5. The number of nitrogens with one attached hydrogen (secondary N) is 8. The van der Waals surface area contributed by atoms with Crippen molar-refractivity contribution in [3.63, 3.8) is 0 Å². The van der Waals surface area contributed by atoms with Gasteiger partial charge in [0.15, 0.2) is 0 Å². The van der Waals surface area contributed by atoms with Gasteiger partial charge in [-0.2, -0.15) is 0 Å². The van der Waals surface area contributed by atoms with Crippen LogP contribution in [0.25, 0.3) is 10.8 Å². The Morgan fingerprint density at radius 2 is 1.17 bits per heavy atom. The Morgan fingerprint density at radius 3 is 1.75 bits per heavy atom. The lowest BCUT2D eigenvalue weighted by atomic mass is 9.96. The maximum absolute atomic E-state index is 13.7. The average Bonchev–Trinajstić information content (AvgIpc) is 3.38. The molecule has 406 valence electrons. The number of carbonyl (C=O) groups is 11. The van der Waals surface area contributed by atoms with Crippen molar-refractivity contribution in [3.05, 3.63) is 71.9 Å². The highest BCUT2D eigenvalue weighted by atomic mass is 16.4. The summed E-state index contributed by atoms with van der Waals surface area (Å²) in [5.74, 6) is -4.27. The van der Waals surface area contributed by atoms with E-state index in [1.165, 1.54) is 23.2 Å². The lowest BCUT2D eigenvalue weighted by Crippen LogP contribution is -2.55. The fourth-order valence-corrected chi connectivity index (χ4v) is 7.91. The zero-order chi connectivity index (χ0) is 55.0. The largest absolute Gasteiger partial charge is 0.481 e. The maximum Gasteiger partial charge on any atom is 0.326 e. The van der Waals surface area contributed by atoms with Crippen molar-refractivity contribution in [2.75, 3.05) is 31.6 Å². The molecule has 0 radical (unpaired) electrons. The minimum Gasteiger partial charge on any atom is -0.481 e. The van der Waals surface area contributed by atoms with Crippen LogP contribution in [0.5, 0.6) is 0 Å². The number of nitrogens with two attached hydrogens (primary N) is 1. The first-order valence-corrected chi connectivity index (χ1v) is 24.0. The van der Waals surface area contributed by atoms with Crippen LogP contribution in [0.15, 0.2) is 60.8 Å². The molecule has 1 aliphatic heterocycles. The van der Waals surface area contributed by atoms with Gasteiger partial charge in [0.2, 0.25) is 17.7 Å². The molecular weight excluding hydrogens is 987 g/mol. The molecular formula is C48H63N11O16. The van der Waals surface area contributed by atoms with Crippen molar-refractivity contribution in [1.82, 2.24) is 47.1 Å². The van der Waals surface area contributed by atoms with Crippen molar-refractivity contribution in [1.29, 1.82) is 0 Å². The van der Waals surface area contributed by atoms with Gasteiger partial charge in [0.25, 0.3) is 5.91 Å². The van der Waals surface area contributed by atoms with Gasteiger partial charge >= 0.3 is 41.9 Å². The molecule has 15 N–H and O–H groups in total. The second-order valence-electron chi connectivity index (χ2n) is 17.7. The number of anilines is 1. The van der Waals surface area contributed by atoms with Crippen LogP contribution < -0.4 is 48.5 Å². The molecule has 4 rings (SSSR count). The van der Waals surface area contributed by atoms with Crippen molar-refractivity contribution in [3.8, 4) is 0 Å². The van der Waals surface area contributed by atoms with E-state index in [1.807, 2.05) is 42.5 Å². The molecule has 0 bridgehead atoms. The summed E-state index contributed by atoms with van der Waals surface area (Å²) in [6, 6.07) is 7.40. The van der Waals surface area contributed by atoms with Gasteiger partial charge in [-0.05, 0) is 85.8 Å². The van der Waals surface area contributed by atoms with E-state index in [-0.39, 0.29) is 82.0 Å². The predicted molar refractivity (Wildman–Crippen MR) is 264 cm³/mol. The molecule has 5 unspecified atom stereocenters. The smallest absolute Gasteiger partial charge is 0.326 e. The fourth-order valence-electron chi connectivity index (χ4n) is 7.91. The number of nitrogens with zero attached hydrogens (tertiary/aromatic N) is 2. The lowest BCUT2D eigenvalue weighted by Gasteiger charge is -2.33. The van der Waals surface area contributed by atoms with E-state index < -0.39 is 121 Å². The number of fused-ring (bicyclic) bond motifs is 1. The first kappa shape index (κ1) is 58.9. The van der Waals surface area contributed by atoms with Crippen LogP contribution in [-0.4, -0.2) is 157 Å². The highest BCUT2D eigenvalue weighted by Crippen LogP contribution is 2.19. The van der Waals surface area contributed by atoms with Crippen LogP contribution in [-0.2, 0) is 44.8 Å². The first-order valence-electron chi connectivity index (χ1n) is 24.0. The average molecular weight is 1050 g/mol. The Kier molecular flexibility index (Phi) is 23.4. The molecule has 1 aromatic heterocycles. The van der Waals surface area contributed by atoms with Crippen LogP contribution in [0, 0.1) is 5.92 Å². The van der Waals surface area contributed by atoms with E-state index in [9.17, 15) is 73.2 Å². The number of urea groups is 2. The summed E-state index contributed by atoms with van der Waals surface area (Å²) in [5.41, 5.74) is 3.06. The number of aliphatic carboxylic acids is 5. The summed E-state index contributed by atoms with van der Waals surface area (Å²) >= 11 is 0.